The molecule has 1 heterocycles. The maximum atomic E-state index is 12.1. The van der Waals surface area contributed by atoms with Crippen LogP contribution in [0, 0.1) is 11.3 Å². The number of aromatic nitrogens is 1. The van der Waals surface area contributed by atoms with Crippen LogP contribution in [0.1, 0.15) is 51.1 Å². The minimum Gasteiger partial charge on any atom is -0.327 e. The van der Waals surface area contributed by atoms with Gasteiger partial charge < -0.3 is 11.1 Å². The standard InChI is InChI=1S/C15H25N3OS.ClH/c1-9(15(2,3)4)7-13(19)18-14-17-11-6-5-10(16)8-12(11)20-14;/h9-10H,5-8,16H2,1-4H3,(H,17,18,19);1H/t9?,10-;/m0./s1. The largest absolute Gasteiger partial charge is 0.327 e. The smallest absolute Gasteiger partial charge is 0.226 e. The van der Waals surface area contributed by atoms with Crippen molar-refractivity contribution in [3.8, 4) is 0 Å². The van der Waals surface area contributed by atoms with Gasteiger partial charge in [0.15, 0.2) is 5.13 Å². The molecule has 0 saturated heterocycles. The van der Waals surface area contributed by atoms with Gasteiger partial charge in [0.2, 0.25) is 5.91 Å². The molecule has 3 N–H and O–H groups in total. The number of carbonyl (C=O) groups excluding carboxylic acids is 1. The Kier molecular flexibility index (Phi) is 6.20. The Labute approximate surface area is 137 Å². The number of anilines is 1. The molecule has 2 rings (SSSR count). The fourth-order valence-electron chi connectivity index (χ4n) is 2.21. The van der Waals surface area contributed by atoms with E-state index in [0.717, 1.165) is 30.1 Å². The third-order valence-corrected chi connectivity index (χ3v) is 5.23. The fraction of sp³-hybridized carbons (Fsp3) is 0.733. The summed E-state index contributed by atoms with van der Waals surface area (Å²) >= 11 is 1.58. The fourth-order valence-corrected chi connectivity index (χ4v) is 3.33. The van der Waals surface area contributed by atoms with Gasteiger partial charge in [0, 0.05) is 17.3 Å². The monoisotopic (exact) mass is 331 g/mol. The number of hydrogen-bond donors (Lipinski definition) is 2. The number of aryl methyl sites for hydroxylation is 1. The van der Waals surface area contributed by atoms with Gasteiger partial charge in [0.25, 0.3) is 0 Å². The van der Waals surface area contributed by atoms with E-state index in [0.29, 0.717) is 12.3 Å². The summed E-state index contributed by atoms with van der Waals surface area (Å²) in [6, 6.07) is 0.243. The van der Waals surface area contributed by atoms with Crippen molar-refractivity contribution in [2.75, 3.05) is 5.32 Å². The summed E-state index contributed by atoms with van der Waals surface area (Å²) in [6.07, 6.45) is 3.35. The van der Waals surface area contributed by atoms with E-state index in [1.54, 1.807) is 11.3 Å². The Hall–Kier alpha value is -0.650. The Bertz CT molecular complexity index is 496. The average molecular weight is 332 g/mol. The first-order chi connectivity index (χ1) is 9.25. The lowest BCUT2D eigenvalue weighted by atomic mass is 9.80. The molecule has 120 valence electrons. The molecule has 1 aromatic heterocycles. The third kappa shape index (κ3) is 4.94. The normalized spacial score (nSPS) is 19.4. The van der Waals surface area contributed by atoms with Crippen molar-refractivity contribution in [3.63, 3.8) is 0 Å². The van der Waals surface area contributed by atoms with Gasteiger partial charge in [0.1, 0.15) is 0 Å². The number of halogens is 1. The second kappa shape index (κ2) is 7.07. The molecule has 0 bridgehead atoms. The number of nitrogens with two attached hydrogens (primary N) is 1. The van der Waals surface area contributed by atoms with Crippen LogP contribution in [0.2, 0.25) is 0 Å². The molecule has 1 aromatic rings. The van der Waals surface area contributed by atoms with Crippen molar-refractivity contribution in [1.82, 2.24) is 4.98 Å². The van der Waals surface area contributed by atoms with E-state index in [1.807, 2.05) is 0 Å². The molecule has 1 aliphatic rings. The zero-order valence-electron chi connectivity index (χ0n) is 13.2. The number of nitrogens with one attached hydrogen (secondary N) is 1. The molecule has 1 unspecified atom stereocenters. The van der Waals surface area contributed by atoms with Gasteiger partial charge in [-0.1, -0.05) is 27.7 Å². The lowest BCUT2D eigenvalue weighted by molar-refractivity contribution is -0.117. The highest BCUT2D eigenvalue weighted by molar-refractivity contribution is 7.15. The molecule has 0 aromatic carbocycles. The van der Waals surface area contributed by atoms with E-state index in [9.17, 15) is 4.79 Å². The minimum atomic E-state index is 0. The maximum absolute atomic E-state index is 12.1. The SMILES string of the molecule is CC(CC(=O)Nc1nc2c(s1)C[C@@H](N)CC2)C(C)(C)C.Cl. The van der Waals surface area contributed by atoms with Crippen LogP contribution < -0.4 is 11.1 Å². The number of carbonyl (C=O) groups is 1. The molecule has 6 heteroatoms. The van der Waals surface area contributed by atoms with Crippen LogP contribution >= 0.6 is 23.7 Å². The second-order valence-electron chi connectivity index (χ2n) is 6.91. The van der Waals surface area contributed by atoms with Gasteiger partial charge in [-0.05, 0) is 30.6 Å². The maximum Gasteiger partial charge on any atom is 0.226 e. The quantitative estimate of drug-likeness (QED) is 0.892. The summed E-state index contributed by atoms with van der Waals surface area (Å²) in [4.78, 5) is 17.8. The minimum absolute atomic E-state index is 0. The van der Waals surface area contributed by atoms with Gasteiger partial charge in [-0.2, -0.15) is 0 Å². The Morgan fingerprint density at radius 3 is 2.81 bits per heavy atom. The van der Waals surface area contributed by atoms with Crippen LogP contribution in [-0.2, 0) is 17.6 Å². The van der Waals surface area contributed by atoms with Crippen molar-refractivity contribution in [2.24, 2.45) is 17.1 Å². The highest BCUT2D eigenvalue weighted by Crippen LogP contribution is 2.31. The van der Waals surface area contributed by atoms with Crippen molar-refractivity contribution in [2.45, 2.75) is 59.4 Å². The molecule has 0 fully saturated rings. The van der Waals surface area contributed by atoms with E-state index in [1.165, 1.54) is 4.88 Å². The van der Waals surface area contributed by atoms with Crippen LogP contribution in [0.4, 0.5) is 5.13 Å². The number of amides is 1. The molecule has 0 spiro atoms. The molecule has 0 radical (unpaired) electrons. The molecule has 0 aliphatic heterocycles. The first-order valence-electron chi connectivity index (χ1n) is 7.29. The third-order valence-electron chi connectivity index (χ3n) is 4.19. The molecular formula is C15H26ClN3OS. The molecule has 21 heavy (non-hydrogen) atoms. The first-order valence-corrected chi connectivity index (χ1v) is 8.11. The predicted molar refractivity (Wildman–Crippen MR) is 91.2 cm³/mol. The Morgan fingerprint density at radius 2 is 2.19 bits per heavy atom. The van der Waals surface area contributed by atoms with Gasteiger partial charge >= 0.3 is 0 Å². The second-order valence-corrected chi connectivity index (χ2v) is 7.99. The molecule has 2 atom stereocenters. The summed E-state index contributed by atoms with van der Waals surface area (Å²) in [5, 5.41) is 3.68. The molecule has 4 nitrogen and oxygen atoms in total. The van der Waals surface area contributed by atoms with E-state index < -0.39 is 0 Å². The lowest BCUT2D eigenvalue weighted by Gasteiger charge is -2.26. The zero-order valence-corrected chi connectivity index (χ0v) is 14.9. The molecule has 1 aliphatic carbocycles. The molecule has 0 saturated carbocycles. The molecule has 1 amide bonds. The number of thiazole rings is 1. The number of rotatable bonds is 3. The van der Waals surface area contributed by atoms with E-state index in [2.05, 4.69) is 38.0 Å². The zero-order chi connectivity index (χ0) is 14.9. The first kappa shape index (κ1) is 18.4. The Balaban J connectivity index is 0.00000220. The van der Waals surface area contributed by atoms with Crippen LogP contribution in [0.3, 0.4) is 0 Å². The van der Waals surface area contributed by atoms with Crippen molar-refractivity contribution < 1.29 is 4.79 Å². The van der Waals surface area contributed by atoms with Gasteiger partial charge in [-0.15, -0.1) is 23.7 Å². The topological polar surface area (TPSA) is 68.0 Å². The summed E-state index contributed by atoms with van der Waals surface area (Å²) < 4.78 is 0. The van der Waals surface area contributed by atoms with E-state index >= 15 is 0 Å². The number of fused-ring (bicyclic) bond motifs is 1. The lowest BCUT2D eigenvalue weighted by Crippen LogP contribution is -2.27. The van der Waals surface area contributed by atoms with Crippen molar-refractivity contribution in [1.29, 1.82) is 0 Å². The highest BCUT2D eigenvalue weighted by Gasteiger charge is 2.24. The van der Waals surface area contributed by atoms with Crippen molar-refractivity contribution >= 4 is 34.8 Å². The molecular weight excluding hydrogens is 306 g/mol. The number of nitrogens with zero attached hydrogens (tertiary/aromatic N) is 1. The summed E-state index contributed by atoms with van der Waals surface area (Å²) in [6.45, 7) is 8.60. The van der Waals surface area contributed by atoms with E-state index in [-0.39, 0.29) is 29.8 Å². The van der Waals surface area contributed by atoms with Gasteiger partial charge in [-0.25, -0.2) is 4.98 Å². The van der Waals surface area contributed by atoms with Gasteiger partial charge in [-0.3, -0.25) is 4.79 Å². The van der Waals surface area contributed by atoms with Crippen LogP contribution in [0.5, 0.6) is 0 Å². The van der Waals surface area contributed by atoms with E-state index in [4.69, 9.17) is 5.73 Å². The van der Waals surface area contributed by atoms with Crippen LogP contribution in [0.25, 0.3) is 0 Å². The number of hydrogen-bond acceptors (Lipinski definition) is 4. The van der Waals surface area contributed by atoms with Crippen molar-refractivity contribution in [3.05, 3.63) is 10.6 Å². The highest BCUT2D eigenvalue weighted by atomic mass is 35.5. The predicted octanol–water partition coefficient (Wildman–Crippen LogP) is 3.39. The average Bonchev–Trinajstić information content (AvgIpc) is 2.68. The van der Waals surface area contributed by atoms with Crippen LogP contribution in [-0.4, -0.2) is 16.9 Å². The summed E-state index contributed by atoms with van der Waals surface area (Å²) in [7, 11) is 0. The Morgan fingerprint density at radius 1 is 1.52 bits per heavy atom. The summed E-state index contributed by atoms with van der Waals surface area (Å²) in [5.74, 6) is 0.397. The van der Waals surface area contributed by atoms with Gasteiger partial charge in [0.05, 0.1) is 5.69 Å². The van der Waals surface area contributed by atoms with Crippen LogP contribution in [0.15, 0.2) is 0 Å². The summed E-state index contributed by atoms with van der Waals surface area (Å²) in [5.41, 5.74) is 7.23.